The largest absolute Gasteiger partial charge is 0.353 e. The van der Waals surface area contributed by atoms with Gasteiger partial charge in [-0.3, -0.25) is 9.69 Å². The molecule has 2 rings (SSSR count). The Morgan fingerprint density at radius 3 is 2.53 bits per heavy atom. The summed E-state index contributed by atoms with van der Waals surface area (Å²) in [5, 5.41) is 11.6. The Morgan fingerprint density at radius 1 is 1.33 bits per heavy atom. The highest BCUT2D eigenvalue weighted by atomic mass is 16.2. The highest BCUT2D eigenvalue weighted by Crippen LogP contribution is 2.29. The second-order valence-electron chi connectivity index (χ2n) is 4.49. The van der Waals surface area contributed by atoms with Crippen LogP contribution in [0, 0.1) is 17.2 Å². The Labute approximate surface area is 90.2 Å². The van der Waals surface area contributed by atoms with Gasteiger partial charge < -0.3 is 5.32 Å². The van der Waals surface area contributed by atoms with E-state index >= 15 is 0 Å². The number of rotatable bonds is 3. The van der Waals surface area contributed by atoms with Crippen molar-refractivity contribution in [3.8, 4) is 6.07 Å². The van der Waals surface area contributed by atoms with E-state index in [1.807, 2.05) is 0 Å². The van der Waals surface area contributed by atoms with E-state index in [2.05, 4.69) is 16.3 Å². The molecular formula is C11H17N3O. The third-order valence-corrected chi connectivity index (χ3v) is 3.18. The van der Waals surface area contributed by atoms with E-state index in [0.717, 1.165) is 38.8 Å². The molecule has 82 valence electrons. The first-order valence-corrected chi connectivity index (χ1v) is 5.69. The molecular weight excluding hydrogens is 190 g/mol. The lowest BCUT2D eigenvalue weighted by atomic mass is 10.0. The zero-order chi connectivity index (χ0) is 10.7. The molecule has 1 amide bonds. The molecule has 0 spiro atoms. The summed E-state index contributed by atoms with van der Waals surface area (Å²) in [6.45, 7) is 2.38. The van der Waals surface area contributed by atoms with E-state index in [-0.39, 0.29) is 5.91 Å². The molecule has 2 fully saturated rings. The summed E-state index contributed by atoms with van der Waals surface area (Å²) in [4.78, 5) is 13.6. The number of amides is 1. The lowest BCUT2D eigenvalue weighted by Crippen LogP contribution is -2.45. The van der Waals surface area contributed by atoms with E-state index in [9.17, 15) is 4.79 Å². The van der Waals surface area contributed by atoms with Gasteiger partial charge in [0.15, 0.2) is 0 Å². The SMILES string of the molecule is N#CCN1CCC(NC(=O)C2CC2)CC1. The van der Waals surface area contributed by atoms with Gasteiger partial charge in [0.25, 0.3) is 0 Å². The first-order valence-electron chi connectivity index (χ1n) is 5.69. The van der Waals surface area contributed by atoms with Crippen LogP contribution in [0.25, 0.3) is 0 Å². The molecule has 1 saturated carbocycles. The van der Waals surface area contributed by atoms with E-state index in [0.29, 0.717) is 18.5 Å². The predicted molar refractivity (Wildman–Crippen MR) is 55.9 cm³/mol. The van der Waals surface area contributed by atoms with Gasteiger partial charge in [-0.2, -0.15) is 5.26 Å². The fourth-order valence-electron chi connectivity index (χ4n) is 2.00. The van der Waals surface area contributed by atoms with Gasteiger partial charge >= 0.3 is 0 Å². The zero-order valence-electron chi connectivity index (χ0n) is 8.91. The number of nitriles is 1. The Hall–Kier alpha value is -1.08. The molecule has 0 aromatic carbocycles. The Bertz CT molecular complexity index is 272. The molecule has 1 N–H and O–H groups in total. The number of hydrogen-bond acceptors (Lipinski definition) is 3. The Morgan fingerprint density at radius 2 is 2.00 bits per heavy atom. The van der Waals surface area contributed by atoms with Crippen LogP contribution >= 0.6 is 0 Å². The van der Waals surface area contributed by atoms with Crippen molar-refractivity contribution < 1.29 is 4.79 Å². The molecule has 0 radical (unpaired) electrons. The molecule has 0 unspecified atom stereocenters. The molecule has 1 saturated heterocycles. The number of carbonyl (C=O) groups excluding carboxylic acids is 1. The van der Waals surface area contributed by atoms with Crippen LogP contribution in [0.1, 0.15) is 25.7 Å². The van der Waals surface area contributed by atoms with Crippen LogP contribution < -0.4 is 5.32 Å². The van der Waals surface area contributed by atoms with Gasteiger partial charge in [-0.25, -0.2) is 0 Å². The quantitative estimate of drug-likeness (QED) is 0.686. The molecule has 0 aromatic rings. The minimum Gasteiger partial charge on any atom is -0.353 e. The summed E-state index contributed by atoms with van der Waals surface area (Å²) in [7, 11) is 0. The van der Waals surface area contributed by atoms with E-state index < -0.39 is 0 Å². The number of hydrogen-bond donors (Lipinski definition) is 1. The molecule has 15 heavy (non-hydrogen) atoms. The van der Waals surface area contributed by atoms with Gasteiger partial charge in [-0.1, -0.05) is 0 Å². The molecule has 1 aliphatic carbocycles. The number of nitrogens with one attached hydrogen (secondary N) is 1. The van der Waals surface area contributed by atoms with E-state index in [1.54, 1.807) is 0 Å². The van der Waals surface area contributed by atoms with Crippen molar-refractivity contribution >= 4 is 5.91 Å². The summed E-state index contributed by atoms with van der Waals surface area (Å²) < 4.78 is 0. The number of nitrogens with zero attached hydrogens (tertiary/aromatic N) is 2. The number of carbonyl (C=O) groups is 1. The maximum Gasteiger partial charge on any atom is 0.223 e. The lowest BCUT2D eigenvalue weighted by molar-refractivity contribution is -0.123. The smallest absolute Gasteiger partial charge is 0.223 e. The lowest BCUT2D eigenvalue weighted by Gasteiger charge is -2.30. The van der Waals surface area contributed by atoms with Gasteiger partial charge in [0.2, 0.25) is 5.91 Å². The van der Waals surface area contributed by atoms with Crippen LogP contribution in [-0.4, -0.2) is 36.5 Å². The summed E-state index contributed by atoms with van der Waals surface area (Å²) in [6, 6.07) is 2.50. The standard InChI is InChI=1S/C11H17N3O/c12-5-8-14-6-3-10(4-7-14)13-11(15)9-1-2-9/h9-10H,1-4,6-8H2,(H,13,15). The van der Waals surface area contributed by atoms with Crippen LogP contribution in [0.4, 0.5) is 0 Å². The van der Waals surface area contributed by atoms with Gasteiger partial charge in [0.1, 0.15) is 0 Å². The van der Waals surface area contributed by atoms with Crippen LogP contribution in [0.15, 0.2) is 0 Å². The molecule has 4 heteroatoms. The maximum atomic E-state index is 11.5. The van der Waals surface area contributed by atoms with Crippen LogP contribution in [0.3, 0.4) is 0 Å². The molecule has 1 heterocycles. The maximum absolute atomic E-state index is 11.5. The van der Waals surface area contributed by atoms with Crippen molar-refractivity contribution in [1.29, 1.82) is 5.26 Å². The zero-order valence-corrected chi connectivity index (χ0v) is 8.91. The molecule has 0 bridgehead atoms. The van der Waals surface area contributed by atoms with Crippen LogP contribution in [-0.2, 0) is 4.79 Å². The normalized spacial score (nSPS) is 23.4. The molecule has 2 aliphatic rings. The second kappa shape index (κ2) is 4.63. The predicted octanol–water partition coefficient (Wildman–Crippen LogP) is 0.501. The minimum atomic E-state index is 0.244. The molecule has 0 atom stereocenters. The topological polar surface area (TPSA) is 56.1 Å². The second-order valence-corrected chi connectivity index (χ2v) is 4.49. The molecule has 4 nitrogen and oxygen atoms in total. The van der Waals surface area contributed by atoms with Crippen molar-refractivity contribution in [3.63, 3.8) is 0 Å². The van der Waals surface area contributed by atoms with Crippen molar-refractivity contribution in [1.82, 2.24) is 10.2 Å². The fraction of sp³-hybridized carbons (Fsp3) is 0.818. The first kappa shape index (κ1) is 10.4. The summed E-state index contributed by atoms with van der Waals surface area (Å²) in [6.07, 6.45) is 4.11. The molecule has 1 aliphatic heterocycles. The monoisotopic (exact) mass is 207 g/mol. The third-order valence-electron chi connectivity index (χ3n) is 3.18. The summed E-state index contributed by atoms with van der Waals surface area (Å²) in [5.74, 6) is 0.552. The van der Waals surface area contributed by atoms with Gasteiger partial charge in [-0.15, -0.1) is 0 Å². The number of piperidine rings is 1. The van der Waals surface area contributed by atoms with Crippen molar-refractivity contribution in [3.05, 3.63) is 0 Å². The van der Waals surface area contributed by atoms with Gasteiger partial charge in [0.05, 0.1) is 12.6 Å². The first-order chi connectivity index (χ1) is 7.29. The average molecular weight is 207 g/mol. The Balaban J connectivity index is 1.69. The highest BCUT2D eigenvalue weighted by molar-refractivity contribution is 5.81. The van der Waals surface area contributed by atoms with Crippen LogP contribution in [0.2, 0.25) is 0 Å². The van der Waals surface area contributed by atoms with Gasteiger partial charge in [-0.05, 0) is 25.7 Å². The Kier molecular flexibility index (Phi) is 3.22. The summed E-state index contributed by atoms with van der Waals surface area (Å²) >= 11 is 0. The summed E-state index contributed by atoms with van der Waals surface area (Å²) in [5.41, 5.74) is 0. The number of likely N-dealkylation sites (tertiary alicyclic amines) is 1. The average Bonchev–Trinajstić information content (AvgIpc) is 3.04. The van der Waals surface area contributed by atoms with Crippen molar-refractivity contribution in [2.75, 3.05) is 19.6 Å². The third kappa shape index (κ3) is 2.93. The van der Waals surface area contributed by atoms with Crippen molar-refractivity contribution in [2.45, 2.75) is 31.7 Å². The van der Waals surface area contributed by atoms with Crippen molar-refractivity contribution in [2.24, 2.45) is 5.92 Å². The van der Waals surface area contributed by atoms with Crippen LogP contribution in [0.5, 0.6) is 0 Å². The highest BCUT2D eigenvalue weighted by Gasteiger charge is 2.31. The fourth-order valence-corrected chi connectivity index (χ4v) is 2.00. The molecule has 0 aromatic heterocycles. The van der Waals surface area contributed by atoms with Gasteiger partial charge in [0, 0.05) is 25.0 Å². The minimum absolute atomic E-state index is 0.244. The van der Waals surface area contributed by atoms with E-state index in [4.69, 9.17) is 5.26 Å². The van der Waals surface area contributed by atoms with E-state index in [1.165, 1.54) is 0 Å².